The molecular formula is C20H25IN6O2. The van der Waals surface area contributed by atoms with Gasteiger partial charge in [0.15, 0.2) is 5.65 Å². The summed E-state index contributed by atoms with van der Waals surface area (Å²) in [6.07, 6.45) is 2.34. The lowest BCUT2D eigenvalue weighted by Gasteiger charge is -2.20. The number of rotatable bonds is 6. The first-order valence-electron chi connectivity index (χ1n) is 9.33. The lowest BCUT2D eigenvalue weighted by Crippen LogP contribution is -2.25. The molecule has 0 unspecified atom stereocenters. The summed E-state index contributed by atoms with van der Waals surface area (Å²) in [7, 11) is 0. The van der Waals surface area contributed by atoms with Crippen molar-refractivity contribution >= 4 is 45.4 Å². The summed E-state index contributed by atoms with van der Waals surface area (Å²) in [5.74, 6) is 0.172. The summed E-state index contributed by atoms with van der Waals surface area (Å²) in [5, 5.41) is 5.32. The standard InChI is InChI=1S/C20H25IN6O2/c1-20(2,3)29-15(28)9-13-5-4-12(8-14(13)6-7-22)10-27-19-16(17(21)26-27)18(23)24-11-25-19/h4-5,8,11H,6-7,9-10,22H2,1-3H3,(H2,23,24,25). The van der Waals surface area contributed by atoms with Crippen molar-refractivity contribution in [1.82, 2.24) is 19.7 Å². The normalized spacial score (nSPS) is 11.8. The lowest BCUT2D eigenvalue weighted by molar-refractivity contribution is -0.153. The molecule has 0 aliphatic carbocycles. The molecule has 0 fully saturated rings. The number of hydrogen-bond acceptors (Lipinski definition) is 7. The molecule has 154 valence electrons. The molecule has 29 heavy (non-hydrogen) atoms. The average Bonchev–Trinajstić information content (AvgIpc) is 2.93. The van der Waals surface area contributed by atoms with E-state index in [1.54, 1.807) is 0 Å². The number of aromatic nitrogens is 4. The summed E-state index contributed by atoms with van der Waals surface area (Å²) in [5.41, 5.74) is 15.0. The van der Waals surface area contributed by atoms with Gasteiger partial charge in [0.1, 0.15) is 21.4 Å². The summed E-state index contributed by atoms with van der Waals surface area (Å²) in [4.78, 5) is 20.6. The van der Waals surface area contributed by atoms with E-state index in [-0.39, 0.29) is 12.4 Å². The molecule has 9 heteroatoms. The highest BCUT2D eigenvalue weighted by molar-refractivity contribution is 14.1. The van der Waals surface area contributed by atoms with E-state index in [0.29, 0.717) is 31.0 Å². The van der Waals surface area contributed by atoms with Crippen molar-refractivity contribution in [3.8, 4) is 0 Å². The van der Waals surface area contributed by atoms with Gasteiger partial charge in [-0.15, -0.1) is 0 Å². The van der Waals surface area contributed by atoms with Crippen molar-refractivity contribution in [1.29, 1.82) is 0 Å². The van der Waals surface area contributed by atoms with Crippen molar-refractivity contribution < 1.29 is 9.53 Å². The fourth-order valence-electron chi connectivity index (χ4n) is 3.14. The van der Waals surface area contributed by atoms with Gasteiger partial charge in [0.25, 0.3) is 0 Å². The maximum atomic E-state index is 12.2. The number of ether oxygens (including phenoxy) is 1. The molecule has 0 saturated carbocycles. The third kappa shape index (κ3) is 5.21. The van der Waals surface area contributed by atoms with Crippen LogP contribution in [0.3, 0.4) is 0 Å². The van der Waals surface area contributed by atoms with Crippen LogP contribution in [-0.4, -0.2) is 37.9 Å². The maximum absolute atomic E-state index is 12.2. The first kappa shape index (κ1) is 21.4. The molecular weight excluding hydrogens is 483 g/mol. The molecule has 2 aromatic heterocycles. The van der Waals surface area contributed by atoms with E-state index in [1.165, 1.54) is 6.33 Å². The fraction of sp³-hybridized carbons (Fsp3) is 0.400. The molecule has 3 rings (SSSR count). The molecule has 1 aromatic carbocycles. The number of halogens is 1. The van der Waals surface area contributed by atoms with Crippen LogP contribution in [-0.2, 0) is 28.9 Å². The zero-order valence-electron chi connectivity index (χ0n) is 16.8. The second kappa shape index (κ2) is 8.62. The zero-order chi connectivity index (χ0) is 21.2. The van der Waals surface area contributed by atoms with Crippen LogP contribution in [0.25, 0.3) is 11.0 Å². The molecule has 2 heterocycles. The van der Waals surface area contributed by atoms with Crippen molar-refractivity contribution in [2.75, 3.05) is 12.3 Å². The smallest absolute Gasteiger partial charge is 0.310 e. The Morgan fingerprint density at radius 2 is 2.00 bits per heavy atom. The minimum absolute atomic E-state index is 0.221. The summed E-state index contributed by atoms with van der Waals surface area (Å²) < 4.78 is 8.02. The molecule has 4 N–H and O–H groups in total. The van der Waals surface area contributed by atoms with Crippen molar-refractivity contribution in [2.24, 2.45) is 5.73 Å². The Hall–Kier alpha value is -2.27. The minimum atomic E-state index is -0.507. The van der Waals surface area contributed by atoms with Crippen LogP contribution in [0.15, 0.2) is 24.5 Å². The van der Waals surface area contributed by atoms with Gasteiger partial charge in [0, 0.05) is 0 Å². The Labute approximate surface area is 183 Å². The summed E-state index contributed by atoms with van der Waals surface area (Å²) >= 11 is 2.14. The first-order chi connectivity index (χ1) is 13.7. The highest BCUT2D eigenvalue weighted by Crippen LogP contribution is 2.24. The van der Waals surface area contributed by atoms with Gasteiger partial charge in [0.2, 0.25) is 0 Å². The number of carbonyl (C=O) groups is 1. The molecule has 0 radical (unpaired) electrons. The van der Waals surface area contributed by atoms with Crippen LogP contribution >= 0.6 is 22.6 Å². The van der Waals surface area contributed by atoms with Crippen LogP contribution in [0.1, 0.15) is 37.5 Å². The van der Waals surface area contributed by atoms with E-state index in [4.69, 9.17) is 16.2 Å². The maximum Gasteiger partial charge on any atom is 0.310 e. The number of nitrogen functional groups attached to an aromatic ring is 1. The Morgan fingerprint density at radius 1 is 1.24 bits per heavy atom. The monoisotopic (exact) mass is 508 g/mol. The van der Waals surface area contributed by atoms with Gasteiger partial charge in [-0.2, -0.15) is 5.10 Å². The number of fused-ring (bicyclic) bond motifs is 1. The SMILES string of the molecule is CC(C)(C)OC(=O)Cc1ccc(Cn2nc(I)c3c(N)ncnc32)cc1CCN. The van der Waals surface area contributed by atoms with Crippen molar-refractivity contribution in [2.45, 2.75) is 45.8 Å². The molecule has 0 aliphatic rings. The average molecular weight is 508 g/mol. The molecule has 0 atom stereocenters. The predicted molar refractivity (Wildman–Crippen MR) is 120 cm³/mol. The van der Waals surface area contributed by atoms with Crippen LogP contribution in [0.5, 0.6) is 0 Å². The van der Waals surface area contributed by atoms with Gasteiger partial charge in [-0.1, -0.05) is 18.2 Å². The molecule has 0 aliphatic heterocycles. The second-order valence-corrected chi connectivity index (χ2v) is 8.83. The largest absolute Gasteiger partial charge is 0.460 e. The van der Waals surface area contributed by atoms with Gasteiger partial charge in [-0.25, -0.2) is 14.6 Å². The third-order valence-electron chi connectivity index (χ3n) is 4.29. The Balaban J connectivity index is 1.87. The topological polar surface area (TPSA) is 122 Å². The zero-order valence-corrected chi connectivity index (χ0v) is 18.9. The van der Waals surface area contributed by atoms with Gasteiger partial charge >= 0.3 is 5.97 Å². The molecule has 0 bridgehead atoms. The Bertz CT molecular complexity index is 1040. The summed E-state index contributed by atoms with van der Waals surface area (Å²) in [6.45, 7) is 6.61. The van der Waals surface area contributed by atoms with Crippen LogP contribution in [0.4, 0.5) is 5.82 Å². The molecule has 3 aromatic rings. The molecule has 0 spiro atoms. The number of nitrogens with zero attached hydrogens (tertiary/aromatic N) is 4. The van der Waals surface area contributed by atoms with Crippen LogP contribution in [0.2, 0.25) is 0 Å². The minimum Gasteiger partial charge on any atom is -0.460 e. The first-order valence-corrected chi connectivity index (χ1v) is 10.4. The van der Waals surface area contributed by atoms with Crippen molar-refractivity contribution in [3.63, 3.8) is 0 Å². The van der Waals surface area contributed by atoms with E-state index in [0.717, 1.165) is 25.8 Å². The Morgan fingerprint density at radius 3 is 2.69 bits per heavy atom. The van der Waals surface area contributed by atoms with E-state index in [9.17, 15) is 4.79 Å². The molecule has 0 amide bonds. The fourth-order valence-corrected chi connectivity index (χ4v) is 3.92. The van der Waals surface area contributed by atoms with E-state index >= 15 is 0 Å². The number of nitrogens with two attached hydrogens (primary N) is 2. The van der Waals surface area contributed by atoms with Gasteiger partial charge in [-0.3, -0.25) is 4.79 Å². The van der Waals surface area contributed by atoms with Gasteiger partial charge in [0.05, 0.1) is 18.4 Å². The number of anilines is 1. The number of benzene rings is 1. The third-order valence-corrected chi connectivity index (χ3v) is 5.04. The number of carbonyl (C=O) groups excluding carboxylic acids is 1. The number of hydrogen-bond donors (Lipinski definition) is 2. The highest BCUT2D eigenvalue weighted by Gasteiger charge is 2.18. The predicted octanol–water partition coefficient (Wildman–Crippen LogP) is 2.45. The highest BCUT2D eigenvalue weighted by atomic mass is 127. The van der Waals surface area contributed by atoms with E-state index < -0.39 is 5.60 Å². The van der Waals surface area contributed by atoms with Crippen LogP contribution in [0, 0.1) is 3.70 Å². The van der Waals surface area contributed by atoms with Crippen LogP contribution < -0.4 is 11.5 Å². The lowest BCUT2D eigenvalue weighted by atomic mass is 9.98. The van der Waals surface area contributed by atoms with Gasteiger partial charge < -0.3 is 16.2 Å². The van der Waals surface area contributed by atoms with E-state index in [1.807, 2.05) is 37.6 Å². The second-order valence-electron chi connectivity index (χ2n) is 7.81. The number of esters is 1. The quantitative estimate of drug-likeness (QED) is 0.388. The van der Waals surface area contributed by atoms with Gasteiger partial charge in [-0.05, 0) is 73.0 Å². The molecule has 0 saturated heterocycles. The molecule has 8 nitrogen and oxygen atoms in total. The summed E-state index contributed by atoms with van der Waals surface area (Å²) in [6, 6.07) is 6.02. The van der Waals surface area contributed by atoms with Crippen molar-refractivity contribution in [3.05, 3.63) is 44.9 Å². The van der Waals surface area contributed by atoms with E-state index in [2.05, 4.69) is 43.7 Å². The Kier molecular flexibility index (Phi) is 6.37.